The molecule has 0 fully saturated rings. The first-order valence-corrected chi connectivity index (χ1v) is 6.52. The van der Waals surface area contributed by atoms with Crippen molar-refractivity contribution in [3.63, 3.8) is 0 Å². The third kappa shape index (κ3) is 3.22. The van der Waals surface area contributed by atoms with E-state index in [2.05, 4.69) is 15.3 Å². The van der Waals surface area contributed by atoms with Crippen LogP contribution in [-0.2, 0) is 11.2 Å². The Balaban J connectivity index is 2.19. The van der Waals surface area contributed by atoms with Gasteiger partial charge in [-0.15, -0.1) is 0 Å². The average molecular weight is 274 g/mol. The summed E-state index contributed by atoms with van der Waals surface area (Å²) in [7, 11) is 0. The minimum Gasteiger partial charge on any atom is -0.444 e. The summed E-state index contributed by atoms with van der Waals surface area (Å²) in [4.78, 5) is 14.8. The second kappa shape index (κ2) is 5.43. The van der Waals surface area contributed by atoms with Gasteiger partial charge >= 0.3 is 6.09 Å². The zero-order valence-electron chi connectivity index (χ0n) is 11.8. The van der Waals surface area contributed by atoms with Crippen LogP contribution in [0.1, 0.15) is 37.9 Å². The van der Waals surface area contributed by atoms with Crippen molar-refractivity contribution in [2.45, 2.75) is 44.9 Å². The van der Waals surface area contributed by atoms with Crippen molar-refractivity contribution in [3.8, 4) is 0 Å². The van der Waals surface area contributed by atoms with Crippen molar-refractivity contribution in [1.82, 2.24) is 5.32 Å². The molecule has 1 amide bonds. The molecule has 0 aromatic heterocycles. The quantitative estimate of drug-likeness (QED) is 0.508. The molecule has 0 saturated carbocycles. The monoisotopic (exact) mass is 274 g/mol. The minimum absolute atomic E-state index is 0.315. The average Bonchev–Trinajstić information content (AvgIpc) is 2.66. The second-order valence-electron chi connectivity index (χ2n) is 5.80. The van der Waals surface area contributed by atoms with Crippen molar-refractivity contribution in [2.24, 2.45) is 5.11 Å². The predicted octanol–water partition coefficient (Wildman–Crippen LogP) is 3.49. The van der Waals surface area contributed by atoms with Gasteiger partial charge in [-0.2, -0.15) is 0 Å². The number of hydrogen-bond acceptors (Lipinski definition) is 3. The maximum Gasteiger partial charge on any atom is 0.408 e. The maximum absolute atomic E-state index is 11.9. The lowest BCUT2D eigenvalue weighted by atomic mass is 10.1. The highest BCUT2D eigenvalue weighted by molar-refractivity contribution is 5.69. The molecule has 2 rings (SSSR count). The van der Waals surface area contributed by atoms with Gasteiger partial charge in [-0.1, -0.05) is 29.4 Å². The summed E-state index contributed by atoms with van der Waals surface area (Å²) in [6.45, 7) is 5.42. The maximum atomic E-state index is 11.9. The van der Waals surface area contributed by atoms with E-state index >= 15 is 0 Å². The molecule has 0 bridgehead atoms. The van der Waals surface area contributed by atoms with Crippen LogP contribution in [0.25, 0.3) is 10.4 Å². The molecule has 0 radical (unpaired) electrons. The fourth-order valence-corrected chi connectivity index (χ4v) is 2.36. The first-order chi connectivity index (χ1) is 9.40. The minimum atomic E-state index is -0.559. The van der Waals surface area contributed by atoms with Crippen molar-refractivity contribution >= 4 is 6.09 Å². The van der Waals surface area contributed by atoms with Gasteiger partial charge in [0.1, 0.15) is 5.60 Å². The van der Waals surface area contributed by atoms with Crippen LogP contribution < -0.4 is 5.32 Å². The zero-order valence-corrected chi connectivity index (χ0v) is 11.8. The number of carbonyl (C=O) groups is 1. The molecule has 0 aliphatic heterocycles. The number of carbonyl (C=O) groups excluding carboxylic acids is 1. The van der Waals surface area contributed by atoms with Gasteiger partial charge in [0.25, 0.3) is 0 Å². The summed E-state index contributed by atoms with van der Waals surface area (Å²) < 4.78 is 5.26. The number of ether oxygens (including phenoxy) is 1. The van der Waals surface area contributed by atoms with E-state index in [0.29, 0.717) is 6.42 Å². The number of rotatable bonds is 2. The smallest absolute Gasteiger partial charge is 0.408 e. The Morgan fingerprint density at radius 1 is 1.45 bits per heavy atom. The number of nitrogens with one attached hydrogen (secondary N) is 1. The van der Waals surface area contributed by atoms with E-state index < -0.39 is 11.7 Å². The van der Waals surface area contributed by atoms with Crippen LogP contribution in [-0.4, -0.2) is 17.7 Å². The van der Waals surface area contributed by atoms with Crippen LogP contribution in [0.5, 0.6) is 0 Å². The van der Waals surface area contributed by atoms with Crippen molar-refractivity contribution in [3.05, 3.63) is 45.8 Å². The molecular weight excluding hydrogens is 256 g/mol. The molecule has 1 aromatic carbocycles. The fourth-order valence-electron chi connectivity index (χ4n) is 2.36. The number of hydrogen-bond donors (Lipinski definition) is 1. The molecule has 2 atom stereocenters. The Hall–Kier alpha value is -2.20. The van der Waals surface area contributed by atoms with E-state index in [4.69, 9.17) is 10.3 Å². The molecule has 106 valence electrons. The highest BCUT2D eigenvalue weighted by atomic mass is 16.6. The van der Waals surface area contributed by atoms with E-state index in [-0.39, 0.29) is 12.1 Å². The highest BCUT2D eigenvalue weighted by Crippen LogP contribution is 2.33. The van der Waals surface area contributed by atoms with E-state index in [1.54, 1.807) is 20.8 Å². The number of fused-ring (bicyclic) bond motifs is 1. The van der Waals surface area contributed by atoms with Gasteiger partial charge in [-0.05, 0) is 43.9 Å². The number of benzene rings is 1. The molecule has 1 aliphatic rings. The lowest BCUT2D eigenvalue weighted by Gasteiger charge is -2.23. The first kappa shape index (κ1) is 14.2. The van der Waals surface area contributed by atoms with Crippen LogP contribution in [0, 0.1) is 0 Å². The van der Waals surface area contributed by atoms with Crippen molar-refractivity contribution in [2.75, 3.05) is 0 Å². The van der Waals surface area contributed by atoms with Gasteiger partial charge in [0.2, 0.25) is 0 Å². The summed E-state index contributed by atoms with van der Waals surface area (Å²) in [5, 5.41) is 6.58. The molecule has 1 aliphatic carbocycles. The molecule has 6 nitrogen and oxygen atoms in total. The summed E-state index contributed by atoms with van der Waals surface area (Å²) >= 11 is 0. The second-order valence-corrected chi connectivity index (χ2v) is 5.80. The standard InChI is InChI=1S/C14H18N4O2/c1-14(2,3)20-13(19)16-12-10-7-5-4-6-9(10)8-11(12)17-18-15/h4-7,11-12H,8H2,1-3H3,(H,16,19)/t11-,12-/m1/s1. The predicted molar refractivity (Wildman–Crippen MR) is 75.2 cm³/mol. The molecule has 0 heterocycles. The van der Waals surface area contributed by atoms with Crippen molar-refractivity contribution in [1.29, 1.82) is 0 Å². The zero-order chi connectivity index (χ0) is 14.8. The lowest BCUT2D eigenvalue weighted by Crippen LogP contribution is -2.37. The van der Waals surface area contributed by atoms with Crippen LogP contribution in [0.15, 0.2) is 29.4 Å². The van der Waals surface area contributed by atoms with E-state index in [1.807, 2.05) is 24.3 Å². The summed E-state index contributed by atoms with van der Waals surface area (Å²) in [5.74, 6) is 0. The SMILES string of the molecule is CC(C)(C)OC(=O)N[C@@H]1c2ccccc2C[C@H]1N=[N+]=[N-]. The van der Waals surface area contributed by atoms with Crippen LogP contribution >= 0.6 is 0 Å². The Morgan fingerprint density at radius 2 is 2.15 bits per heavy atom. The van der Waals surface area contributed by atoms with E-state index in [1.165, 1.54) is 0 Å². The molecule has 6 heteroatoms. The Labute approximate surface area is 117 Å². The topological polar surface area (TPSA) is 87.1 Å². The molecule has 20 heavy (non-hydrogen) atoms. The summed E-state index contributed by atoms with van der Waals surface area (Å²) in [6, 6.07) is 7.10. The highest BCUT2D eigenvalue weighted by Gasteiger charge is 2.33. The summed E-state index contributed by atoms with van der Waals surface area (Å²) in [5.41, 5.74) is 10.2. The normalized spacial score (nSPS) is 20.8. The Bertz CT molecular complexity index is 559. The Kier molecular flexibility index (Phi) is 3.86. The third-order valence-corrected chi connectivity index (χ3v) is 3.08. The molecule has 0 spiro atoms. The third-order valence-electron chi connectivity index (χ3n) is 3.08. The Morgan fingerprint density at radius 3 is 2.80 bits per heavy atom. The van der Waals surface area contributed by atoms with Crippen LogP contribution in [0.4, 0.5) is 4.79 Å². The van der Waals surface area contributed by atoms with Gasteiger partial charge < -0.3 is 10.1 Å². The van der Waals surface area contributed by atoms with Gasteiger partial charge in [0.15, 0.2) is 0 Å². The van der Waals surface area contributed by atoms with Gasteiger partial charge in [0, 0.05) is 4.91 Å². The fraction of sp³-hybridized carbons (Fsp3) is 0.500. The molecule has 1 aromatic rings. The van der Waals surface area contributed by atoms with E-state index in [9.17, 15) is 4.79 Å². The number of nitrogens with zero attached hydrogens (tertiary/aromatic N) is 3. The van der Waals surface area contributed by atoms with Gasteiger partial charge in [-0.25, -0.2) is 4.79 Å². The van der Waals surface area contributed by atoms with Crippen LogP contribution in [0.3, 0.4) is 0 Å². The number of alkyl carbamates (subject to hydrolysis) is 1. The van der Waals surface area contributed by atoms with Gasteiger partial charge in [-0.3, -0.25) is 0 Å². The molecule has 0 unspecified atom stereocenters. The molecule has 1 N–H and O–H groups in total. The lowest BCUT2D eigenvalue weighted by molar-refractivity contribution is 0.0499. The molecule has 0 saturated heterocycles. The van der Waals surface area contributed by atoms with Crippen LogP contribution in [0.2, 0.25) is 0 Å². The van der Waals surface area contributed by atoms with Gasteiger partial charge in [0.05, 0.1) is 12.1 Å². The molecular formula is C14H18N4O2. The first-order valence-electron chi connectivity index (χ1n) is 6.52. The number of amides is 1. The van der Waals surface area contributed by atoms with E-state index in [0.717, 1.165) is 11.1 Å². The van der Waals surface area contributed by atoms with Crippen molar-refractivity contribution < 1.29 is 9.53 Å². The summed E-state index contributed by atoms with van der Waals surface area (Å²) in [6.07, 6.45) is 0.123. The largest absolute Gasteiger partial charge is 0.444 e. The number of azide groups is 1.